The largest absolute Gasteiger partial charge is 0.490 e. The lowest BCUT2D eigenvalue weighted by Crippen LogP contribution is -2.12. The lowest BCUT2D eigenvalue weighted by Gasteiger charge is -2.07. The Kier molecular flexibility index (Phi) is 5.14. The predicted octanol–water partition coefficient (Wildman–Crippen LogP) is 2.33. The number of hydrogen-bond donors (Lipinski definition) is 1. The molecule has 100 valence electrons. The van der Waals surface area contributed by atoms with E-state index in [1.165, 1.54) is 31.0 Å². The van der Waals surface area contributed by atoms with Crippen LogP contribution >= 0.6 is 11.8 Å². The van der Waals surface area contributed by atoms with Crippen molar-refractivity contribution in [1.29, 1.82) is 5.26 Å². The van der Waals surface area contributed by atoms with E-state index >= 15 is 0 Å². The number of aryl methyl sites for hydroxylation is 1. The third-order valence-corrected chi connectivity index (χ3v) is 2.85. The maximum atomic E-state index is 10.9. The van der Waals surface area contributed by atoms with Crippen molar-refractivity contribution >= 4 is 28.3 Å². The first-order valence-corrected chi connectivity index (χ1v) is 6.36. The Morgan fingerprint density at radius 1 is 1.63 bits per heavy atom. The van der Waals surface area contributed by atoms with E-state index < -0.39 is 4.92 Å². The van der Waals surface area contributed by atoms with Crippen LogP contribution in [-0.2, 0) is 0 Å². The van der Waals surface area contributed by atoms with Gasteiger partial charge in [-0.2, -0.15) is 5.26 Å². The molecule has 0 heterocycles. The molecule has 1 N–H and O–H groups in total. The molecule has 1 aromatic carbocycles. The van der Waals surface area contributed by atoms with Crippen LogP contribution in [0.25, 0.3) is 0 Å². The number of aliphatic imine (C=N–C) groups is 1. The Morgan fingerprint density at radius 2 is 2.32 bits per heavy atom. The highest BCUT2D eigenvalue weighted by molar-refractivity contribution is 8.13. The zero-order chi connectivity index (χ0) is 14.4. The highest BCUT2D eigenvalue weighted by atomic mass is 32.2. The quantitative estimate of drug-likeness (QED) is 0.228. The molecular formula is C11H12N4O3S. The fourth-order valence-corrected chi connectivity index (χ4v) is 1.71. The van der Waals surface area contributed by atoms with E-state index in [1.807, 2.05) is 0 Å². The average molecular weight is 280 g/mol. The van der Waals surface area contributed by atoms with Gasteiger partial charge < -0.3 is 4.74 Å². The minimum Gasteiger partial charge on any atom is -0.490 e. The fraction of sp³-hybridized carbons (Fsp3) is 0.273. The molecule has 0 fully saturated rings. The van der Waals surface area contributed by atoms with Crippen molar-refractivity contribution in [2.45, 2.75) is 6.92 Å². The summed E-state index contributed by atoms with van der Waals surface area (Å²) in [6.07, 6.45) is 3.54. The molecule has 0 aliphatic carbocycles. The predicted molar refractivity (Wildman–Crippen MR) is 73.7 cm³/mol. The molecule has 0 saturated carbocycles. The molecule has 1 aromatic rings. The van der Waals surface area contributed by atoms with Crippen LogP contribution in [0.2, 0.25) is 0 Å². The topological polar surface area (TPSA) is 101 Å². The van der Waals surface area contributed by atoms with E-state index in [4.69, 9.17) is 10.00 Å². The second-order valence-corrected chi connectivity index (χ2v) is 4.22. The normalized spacial score (nSPS) is 10.7. The Hall–Kier alpha value is -2.27. The van der Waals surface area contributed by atoms with Crippen LogP contribution in [0.15, 0.2) is 17.1 Å². The van der Waals surface area contributed by atoms with Crippen molar-refractivity contribution < 1.29 is 9.66 Å². The van der Waals surface area contributed by atoms with Crippen LogP contribution in [0.1, 0.15) is 5.56 Å². The fourth-order valence-electron chi connectivity index (χ4n) is 1.37. The van der Waals surface area contributed by atoms with Gasteiger partial charge in [-0.05, 0) is 18.7 Å². The standard InChI is InChI=1S/C11H12N4O3S/c1-7-4-9(15(16)17)10(18-2)5-8(7)14-11(19-3)13-6-12/h4-5H,1-3H3,(H,13,14). The number of ether oxygens (including phenoxy) is 1. The van der Waals surface area contributed by atoms with Crippen LogP contribution in [0, 0.1) is 28.5 Å². The molecule has 0 radical (unpaired) electrons. The van der Waals surface area contributed by atoms with Crippen molar-refractivity contribution in [2.24, 2.45) is 4.99 Å². The number of nitrogens with one attached hydrogen (secondary N) is 1. The van der Waals surface area contributed by atoms with E-state index in [-0.39, 0.29) is 11.4 Å². The highest BCUT2D eigenvalue weighted by Gasteiger charge is 2.17. The van der Waals surface area contributed by atoms with E-state index in [0.717, 1.165) is 0 Å². The van der Waals surface area contributed by atoms with Crippen LogP contribution in [0.5, 0.6) is 5.75 Å². The van der Waals surface area contributed by atoms with Gasteiger partial charge in [-0.15, -0.1) is 0 Å². The minimum atomic E-state index is -0.512. The summed E-state index contributed by atoms with van der Waals surface area (Å²) in [5.74, 6) is 0.131. The smallest absolute Gasteiger partial charge is 0.311 e. The van der Waals surface area contributed by atoms with E-state index in [9.17, 15) is 10.1 Å². The molecule has 0 aliphatic rings. The van der Waals surface area contributed by atoms with Gasteiger partial charge in [0.05, 0.1) is 17.7 Å². The molecule has 0 saturated heterocycles. The molecule has 0 aromatic heterocycles. The van der Waals surface area contributed by atoms with Crippen LogP contribution in [-0.4, -0.2) is 23.5 Å². The summed E-state index contributed by atoms with van der Waals surface area (Å²) >= 11 is 1.26. The van der Waals surface area contributed by atoms with Crippen LogP contribution < -0.4 is 10.1 Å². The second kappa shape index (κ2) is 6.61. The molecule has 0 aliphatic heterocycles. The highest BCUT2D eigenvalue weighted by Crippen LogP contribution is 2.34. The second-order valence-electron chi connectivity index (χ2n) is 3.43. The number of nitro benzene ring substituents is 1. The molecule has 0 atom stereocenters. The molecule has 7 nitrogen and oxygen atoms in total. The summed E-state index contributed by atoms with van der Waals surface area (Å²) in [6, 6.07) is 2.87. The van der Waals surface area contributed by atoms with Crippen molar-refractivity contribution in [3.05, 3.63) is 27.8 Å². The number of nitro groups is 1. The number of thioether (sulfide) groups is 1. The van der Waals surface area contributed by atoms with Gasteiger partial charge in [0.15, 0.2) is 17.1 Å². The number of methoxy groups -OCH3 is 1. The lowest BCUT2D eigenvalue weighted by molar-refractivity contribution is -0.385. The number of rotatable bonds is 3. The van der Waals surface area contributed by atoms with Crippen molar-refractivity contribution in [1.82, 2.24) is 5.32 Å². The Bertz CT molecular complexity index is 566. The first kappa shape index (κ1) is 14.8. The monoisotopic (exact) mass is 280 g/mol. The van der Waals surface area contributed by atoms with Gasteiger partial charge in [-0.3, -0.25) is 15.4 Å². The van der Waals surface area contributed by atoms with Crippen molar-refractivity contribution in [2.75, 3.05) is 13.4 Å². The number of nitriles is 1. The van der Waals surface area contributed by atoms with Crippen LogP contribution in [0.3, 0.4) is 0 Å². The Balaban J connectivity index is 3.31. The van der Waals surface area contributed by atoms with Gasteiger partial charge in [0, 0.05) is 12.1 Å². The summed E-state index contributed by atoms with van der Waals surface area (Å²) in [7, 11) is 1.36. The van der Waals surface area contributed by atoms with Gasteiger partial charge >= 0.3 is 5.69 Å². The van der Waals surface area contributed by atoms with Crippen molar-refractivity contribution in [3.63, 3.8) is 0 Å². The molecule has 0 bridgehead atoms. The first-order valence-electron chi connectivity index (χ1n) is 5.14. The molecule has 0 amide bonds. The summed E-state index contributed by atoms with van der Waals surface area (Å²) in [6.45, 7) is 1.70. The third-order valence-electron chi connectivity index (χ3n) is 2.27. The van der Waals surface area contributed by atoms with Crippen molar-refractivity contribution in [3.8, 4) is 11.9 Å². The van der Waals surface area contributed by atoms with Gasteiger partial charge in [0.1, 0.15) is 0 Å². The number of hydrogen-bond acceptors (Lipinski definition) is 6. The van der Waals surface area contributed by atoms with Gasteiger partial charge in [0.25, 0.3) is 0 Å². The summed E-state index contributed by atoms with van der Waals surface area (Å²) in [5, 5.41) is 22.2. The zero-order valence-electron chi connectivity index (χ0n) is 10.6. The number of nitrogens with zero attached hydrogens (tertiary/aromatic N) is 3. The Morgan fingerprint density at radius 3 is 2.79 bits per heavy atom. The van der Waals surface area contributed by atoms with Gasteiger partial charge in [-0.25, -0.2) is 4.99 Å². The summed E-state index contributed by atoms with van der Waals surface area (Å²) < 4.78 is 4.97. The molecule has 19 heavy (non-hydrogen) atoms. The molecule has 8 heteroatoms. The molecule has 1 rings (SSSR count). The maximum absolute atomic E-state index is 10.9. The minimum absolute atomic E-state index is 0.113. The van der Waals surface area contributed by atoms with E-state index in [0.29, 0.717) is 16.4 Å². The molecule has 0 unspecified atom stereocenters. The maximum Gasteiger partial charge on any atom is 0.311 e. The Labute approximate surface area is 114 Å². The third kappa shape index (κ3) is 3.59. The molecular weight excluding hydrogens is 268 g/mol. The van der Waals surface area contributed by atoms with E-state index in [2.05, 4.69) is 10.3 Å². The van der Waals surface area contributed by atoms with Crippen LogP contribution in [0.4, 0.5) is 11.4 Å². The zero-order valence-corrected chi connectivity index (χ0v) is 11.4. The summed E-state index contributed by atoms with van der Waals surface area (Å²) in [5.41, 5.74) is 1.02. The van der Waals surface area contributed by atoms with E-state index in [1.54, 1.807) is 19.4 Å². The summed E-state index contributed by atoms with van der Waals surface area (Å²) in [4.78, 5) is 14.6. The average Bonchev–Trinajstić information content (AvgIpc) is 2.39. The molecule has 0 spiro atoms. The van der Waals surface area contributed by atoms with Gasteiger partial charge in [-0.1, -0.05) is 11.8 Å². The SMILES string of the molecule is COc1cc(N=C(NC#N)SC)c(C)cc1[N+](=O)[O-]. The lowest BCUT2D eigenvalue weighted by atomic mass is 10.1. The first-order chi connectivity index (χ1) is 9.03. The number of amidine groups is 1. The number of benzene rings is 1. The van der Waals surface area contributed by atoms with Gasteiger partial charge in [0.2, 0.25) is 0 Å².